The fourth-order valence-electron chi connectivity index (χ4n) is 5.03. The average molecular weight is 735 g/mol. The monoisotopic (exact) mass is 734 g/mol. The molecule has 3 aromatic carbocycles. The summed E-state index contributed by atoms with van der Waals surface area (Å²) in [7, 11) is 0. The number of carbonyl (C=O) groups excluding carboxylic acids is 4. The minimum Gasteiger partial charge on any atom is -0.418 e. The molecule has 15 heteroatoms. The maximum absolute atomic E-state index is 14.0. The zero-order valence-electron chi connectivity index (χ0n) is 29.2. The van der Waals surface area contributed by atoms with E-state index >= 15 is 0 Å². The number of morpholine rings is 1. The number of nitrogens with zero attached hydrogens (tertiary/aromatic N) is 1. The highest BCUT2D eigenvalue weighted by atomic mass is 19.2. The van der Waals surface area contributed by atoms with Crippen molar-refractivity contribution in [2.24, 2.45) is 0 Å². The van der Waals surface area contributed by atoms with Crippen molar-refractivity contribution in [3.63, 3.8) is 0 Å². The lowest BCUT2D eigenvalue weighted by Crippen LogP contribution is -2.56. The number of aryl methyl sites for hydroxylation is 2. The smallest absolute Gasteiger partial charge is 0.333 e. The van der Waals surface area contributed by atoms with Crippen molar-refractivity contribution in [2.75, 3.05) is 32.8 Å². The fraction of sp³-hybridized carbons (Fsp3) is 0.405. The van der Waals surface area contributed by atoms with Crippen LogP contribution in [0.15, 0.2) is 60.7 Å². The Balaban J connectivity index is 0.000000927. The largest absolute Gasteiger partial charge is 0.418 e. The first-order valence-corrected chi connectivity index (χ1v) is 16.8. The van der Waals surface area contributed by atoms with Gasteiger partial charge in [-0.25, -0.2) is 18.0 Å². The molecule has 1 heterocycles. The molecule has 3 amide bonds. The van der Waals surface area contributed by atoms with E-state index in [1.165, 1.54) is 5.56 Å². The number of halogens is 5. The Hall–Kier alpha value is -4.89. The van der Waals surface area contributed by atoms with Crippen LogP contribution in [0, 0.1) is 36.0 Å². The van der Waals surface area contributed by atoms with E-state index in [2.05, 4.69) is 39.7 Å². The van der Waals surface area contributed by atoms with E-state index in [0.717, 1.165) is 12.5 Å². The number of hydrogen-bond acceptors (Lipinski definition) is 7. The molecule has 3 atom stereocenters. The maximum atomic E-state index is 14.0. The molecular formula is C37H43F5N4O6. The summed E-state index contributed by atoms with van der Waals surface area (Å²) in [4.78, 5) is 53.6. The second kappa shape index (κ2) is 20.8. The molecule has 1 saturated heterocycles. The van der Waals surface area contributed by atoms with Crippen molar-refractivity contribution < 1.29 is 50.6 Å². The number of esters is 1. The second-order valence-electron chi connectivity index (χ2n) is 12.1. The normalized spacial score (nSPS) is 14.5. The second-order valence-corrected chi connectivity index (χ2v) is 12.1. The lowest BCUT2D eigenvalue weighted by molar-refractivity contribution is -0.140. The van der Waals surface area contributed by atoms with E-state index in [9.17, 15) is 41.1 Å². The quantitative estimate of drug-likeness (QED) is 0.0732. The number of nitrogens with one attached hydrogen (secondary N) is 3. The van der Waals surface area contributed by atoms with Crippen molar-refractivity contribution in [1.29, 1.82) is 0 Å². The van der Waals surface area contributed by atoms with Crippen LogP contribution in [0.5, 0.6) is 5.75 Å². The van der Waals surface area contributed by atoms with Gasteiger partial charge >= 0.3 is 5.97 Å². The molecule has 3 aromatic rings. The van der Waals surface area contributed by atoms with E-state index < -0.39 is 76.7 Å². The molecule has 282 valence electrons. The first-order valence-electron chi connectivity index (χ1n) is 16.8. The van der Waals surface area contributed by atoms with Gasteiger partial charge in [0.25, 0.3) is 0 Å². The summed E-state index contributed by atoms with van der Waals surface area (Å²) < 4.78 is 77.9. The zero-order chi connectivity index (χ0) is 38.2. The standard InChI is InChI=1S/C30H35F5N4O6.C7H8/c1-3-7-19(28(41)36-17(2)30(43)45-27-25(34)23(32)22(31)24(33)26(27)35)38-29(42)20(11-10-18-8-5-4-6-9-18)37-21(40)16-39-12-14-44-15-13-39;1-7-5-3-2-4-6-7/h4-6,8-9,17,19-20H,3,7,10-16H2,1-2H3,(H,36,41)(H,37,40)(H,38,42);2-6H,1H3/t17-,19?,20-;/m0./s1. The van der Waals surface area contributed by atoms with Gasteiger partial charge in [0.2, 0.25) is 52.6 Å². The molecule has 0 saturated carbocycles. The Morgan fingerprint density at radius 1 is 0.750 bits per heavy atom. The van der Waals surface area contributed by atoms with E-state index in [0.29, 0.717) is 39.1 Å². The van der Waals surface area contributed by atoms with Gasteiger partial charge in [0.1, 0.15) is 18.1 Å². The molecule has 0 bridgehead atoms. The van der Waals surface area contributed by atoms with Crippen molar-refractivity contribution >= 4 is 23.7 Å². The Bertz CT molecular complexity index is 1620. The van der Waals surface area contributed by atoms with Gasteiger partial charge < -0.3 is 25.4 Å². The first kappa shape index (κ1) is 41.5. The molecular weight excluding hydrogens is 691 g/mol. The maximum Gasteiger partial charge on any atom is 0.333 e. The fourth-order valence-corrected chi connectivity index (χ4v) is 5.03. The Morgan fingerprint density at radius 3 is 1.81 bits per heavy atom. The zero-order valence-corrected chi connectivity index (χ0v) is 29.2. The third-order valence-corrected chi connectivity index (χ3v) is 7.92. The lowest BCUT2D eigenvalue weighted by atomic mass is 10.0. The Labute approximate surface area is 299 Å². The van der Waals surface area contributed by atoms with E-state index in [1.807, 2.05) is 53.4 Å². The third kappa shape index (κ3) is 12.7. The molecule has 0 aromatic heterocycles. The SMILES string of the molecule is CCCC(NC(=O)[C@H](CCc1ccccc1)NC(=O)CN1CCOCC1)C(=O)N[C@@H](C)C(=O)Oc1c(F)c(F)c(F)c(F)c1F.Cc1ccccc1. The molecule has 1 fully saturated rings. The third-order valence-electron chi connectivity index (χ3n) is 7.92. The van der Waals surface area contributed by atoms with Crippen LogP contribution in [-0.4, -0.2) is 79.6 Å². The molecule has 1 aliphatic heterocycles. The molecule has 10 nitrogen and oxygen atoms in total. The van der Waals surface area contributed by atoms with Crippen molar-refractivity contribution in [1.82, 2.24) is 20.9 Å². The minimum atomic E-state index is -2.43. The van der Waals surface area contributed by atoms with Gasteiger partial charge in [-0.05, 0) is 38.7 Å². The van der Waals surface area contributed by atoms with Gasteiger partial charge in [-0.15, -0.1) is 0 Å². The molecule has 0 aliphatic carbocycles. The predicted molar refractivity (Wildman–Crippen MR) is 181 cm³/mol. The van der Waals surface area contributed by atoms with Crippen LogP contribution in [0.25, 0.3) is 0 Å². The van der Waals surface area contributed by atoms with Gasteiger partial charge in [0, 0.05) is 13.1 Å². The van der Waals surface area contributed by atoms with Crippen molar-refractivity contribution in [2.45, 2.75) is 64.6 Å². The minimum absolute atomic E-state index is 0.0417. The summed E-state index contributed by atoms with van der Waals surface area (Å²) in [5.74, 6) is -17.0. The summed E-state index contributed by atoms with van der Waals surface area (Å²) in [6.07, 6.45) is 1.14. The highest BCUT2D eigenvalue weighted by Crippen LogP contribution is 2.29. The molecule has 0 spiro atoms. The number of rotatable bonds is 14. The van der Waals surface area contributed by atoms with Gasteiger partial charge in [-0.1, -0.05) is 79.6 Å². The van der Waals surface area contributed by atoms with Gasteiger partial charge in [-0.2, -0.15) is 8.78 Å². The van der Waals surface area contributed by atoms with Crippen LogP contribution in [-0.2, 0) is 30.3 Å². The molecule has 4 rings (SSSR count). The number of benzene rings is 3. The summed E-state index contributed by atoms with van der Waals surface area (Å²) in [6, 6.07) is 15.6. The van der Waals surface area contributed by atoms with Crippen LogP contribution in [0.4, 0.5) is 22.0 Å². The molecule has 3 N–H and O–H groups in total. The van der Waals surface area contributed by atoms with Gasteiger partial charge in [0.15, 0.2) is 0 Å². The van der Waals surface area contributed by atoms with Crippen LogP contribution < -0.4 is 20.7 Å². The number of hydrogen-bond donors (Lipinski definition) is 3. The summed E-state index contributed by atoms with van der Waals surface area (Å²) in [6.45, 7) is 6.98. The lowest BCUT2D eigenvalue weighted by Gasteiger charge is -2.27. The summed E-state index contributed by atoms with van der Waals surface area (Å²) >= 11 is 0. The van der Waals surface area contributed by atoms with E-state index in [-0.39, 0.29) is 19.4 Å². The highest BCUT2D eigenvalue weighted by molar-refractivity contribution is 5.93. The number of carbonyl (C=O) groups is 4. The molecule has 0 radical (unpaired) electrons. The van der Waals surface area contributed by atoms with E-state index in [4.69, 9.17) is 4.74 Å². The summed E-state index contributed by atoms with van der Waals surface area (Å²) in [5.41, 5.74) is 2.24. The summed E-state index contributed by atoms with van der Waals surface area (Å²) in [5, 5.41) is 7.54. The topological polar surface area (TPSA) is 126 Å². The first-order chi connectivity index (χ1) is 24.8. The molecule has 1 aliphatic rings. The Morgan fingerprint density at radius 2 is 1.27 bits per heavy atom. The van der Waals surface area contributed by atoms with Crippen molar-refractivity contribution in [3.8, 4) is 5.75 Å². The van der Waals surface area contributed by atoms with Crippen LogP contribution in [0.2, 0.25) is 0 Å². The van der Waals surface area contributed by atoms with Crippen molar-refractivity contribution in [3.05, 3.63) is 101 Å². The molecule has 1 unspecified atom stereocenters. The number of ether oxygens (including phenoxy) is 2. The van der Waals surface area contributed by atoms with E-state index in [1.54, 1.807) is 6.92 Å². The van der Waals surface area contributed by atoms with Gasteiger partial charge in [0.05, 0.1) is 19.8 Å². The Kier molecular flexibility index (Phi) is 16.6. The molecule has 52 heavy (non-hydrogen) atoms. The average Bonchev–Trinajstić information content (AvgIpc) is 3.14. The van der Waals surface area contributed by atoms with Crippen LogP contribution in [0.1, 0.15) is 44.2 Å². The van der Waals surface area contributed by atoms with Crippen LogP contribution in [0.3, 0.4) is 0 Å². The number of amides is 3. The van der Waals surface area contributed by atoms with Gasteiger partial charge in [-0.3, -0.25) is 19.3 Å². The predicted octanol–water partition coefficient (Wildman–Crippen LogP) is 4.52. The highest BCUT2D eigenvalue weighted by Gasteiger charge is 2.32. The van der Waals surface area contributed by atoms with Crippen LogP contribution >= 0.6 is 0 Å².